The van der Waals surface area contributed by atoms with Crippen LogP contribution in [-0.4, -0.2) is 41.4 Å². The molecule has 25 heavy (non-hydrogen) atoms. The molecule has 0 heterocycles. The quantitative estimate of drug-likeness (QED) is 0.790. The lowest BCUT2D eigenvalue weighted by Gasteiger charge is -2.29. The minimum atomic E-state index is -5.16. The van der Waals surface area contributed by atoms with E-state index in [-0.39, 0.29) is 0 Å². The van der Waals surface area contributed by atoms with Gasteiger partial charge in [0.25, 0.3) is 0 Å². The Labute approximate surface area is 144 Å². The van der Waals surface area contributed by atoms with Gasteiger partial charge in [0.1, 0.15) is 11.6 Å². The van der Waals surface area contributed by atoms with E-state index in [9.17, 15) is 27.9 Å². The molecule has 140 valence electrons. The van der Waals surface area contributed by atoms with Gasteiger partial charge in [0.05, 0.1) is 6.61 Å². The fourth-order valence-corrected chi connectivity index (χ4v) is 2.13. The second-order valence-corrected chi connectivity index (χ2v) is 6.68. The van der Waals surface area contributed by atoms with Crippen molar-refractivity contribution in [1.29, 1.82) is 0 Å². The van der Waals surface area contributed by atoms with Crippen LogP contribution in [0.4, 0.5) is 13.2 Å². The summed E-state index contributed by atoms with van der Waals surface area (Å²) in [5.41, 5.74) is 0.339. The van der Waals surface area contributed by atoms with Crippen LogP contribution in [0.5, 0.6) is 0 Å². The molecule has 0 fully saturated rings. The van der Waals surface area contributed by atoms with Crippen molar-refractivity contribution in [2.75, 3.05) is 6.61 Å². The van der Waals surface area contributed by atoms with Gasteiger partial charge in [-0.2, -0.15) is 13.2 Å². The average molecular weight is 361 g/mol. The first-order chi connectivity index (χ1) is 11.3. The van der Waals surface area contributed by atoms with E-state index in [0.29, 0.717) is 5.56 Å². The Hall–Kier alpha value is -2.09. The zero-order valence-corrected chi connectivity index (χ0v) is 14.5. The Kier molecular flexibility index (Phi) is 6.59. The third-order valence-corrected chi connectivity index (χ3v) is 3.31. The number of aryl methyl sites for hydroxylation is 1. The van der Waals surface area contributed by atoms with Gasteiger partial charge in [0.2, 0.25) is 0 Å². The molecular weight excluding hydrogens is 339 g/mol. The molecule has 0 unspecified atom stereocenters. The van der Waals surface area contributed by atoms with Crippen molar-refractivity contribution in [3.05, 3.63) is 35.4 Å². The number of alkyl halides is 3. The number of esters is 1. The molecule has 0 aliphatic heterocycles. The Bertz CT molecular complexity index is 606. The molecule has 1 rings (SSSR count). The fraction of sp³-hybridized carbons (Fsp3) is 0.529. The van der Waals surface area contributed by atoms with Crippen molar-refractivity contribution in [3.63, 3.8) is 0 Å². The van der Waals surface area contributed by atoms with E-state index in [1.807, 2.05) is 6.92 Å². The Morgan fingerprint density at radius 1 is 1.16 bits per heavy atom. The largest absolute Gasteiger partial charge is 0.471 e. The first kappa shape index (κ1) is 21.0. The lowest BCUT2D eigenvalue weighted by atomic mass is 9.91. The molecule has 8 heteroatoms. The van der Waals surface area contributed by atoms with E-state index in [2.05, 4.69) is 0 Å². The molecule has 0 saturated heterocycles. The van der Waals surface area contributed by atoms with E-state index in [0.717, 1.165) is 5.56 Å². The van der Waals surface area contributed by atoms with Crippen molar-refractivity contribution in [1.82, 2.24) is 5.32 Å². The summed E-state index contributed by atoms with van der Waals surface area (Å²) in [6.07, 6.45) is -5.16. The topological polar surface area (TPSA) is 75.6 Å². The van der Waals surface area contributed by atoms with Crippen LogP contribution in [0, 0.1) is 6.92 Å². The number of amides is 1. The maximum absolute atomic E-state index is 12.6. The second-order valence-electron chi connectivity index (χ2n) is 6.68. The Balaban J connectivity index is 3.20. The molecule has 0 bridgehead atoms. The number of nitrogens with one attached hydrogen (secondary N) is 1. The van der Waals surface area contributed by atoms with Crippen molar-refractivity contribution >= 4 is 11.9 Å². The Morgan fingerprint density at radius 3 is 2.08 bits per heavy atom. The van der Waals surface area contributed by atoms with Gasteiger partial charge in [0.15, 0.2) is 0 Å². The van der Waals surface area contributed by atoms with E-state index >= 15 is 0 Å². The van der Waals surface area contributed by atoms with E-state index in [1.54, 1.807) is 50.4 Å². The van der Waals surface area contributed by atoms with Crippen LogP contribution < -0.4 is 5.32 Å². The summed E-state index contributed by atoms with van der Waals surface area (Å²) >= 11 is 0. The number of carbonyl (C=O) groups excluding carboxylic acids is 2. The molecule has 0 saturated carbocycles. The van der Waals surface area contributed by atoms with Gasteiger partial charge >= 0.3 is 18.1 Å². The average Bonchev–Trinajstić information content (AvgIpc) is 2.45. The molecule has 5 nitrogen and oxygen atoms in total. The molecule has 1 aromatic carbocycles. The van der Waals surface area contributed by atoms with Gasteiger partial charge < -0.3 is 15.2 Å². The number of halogens is 3. The number of hydrogen-bond acceptors (Lipinski definition) is 4. The van der Waals surface area contributed by atoms with E-state index in [4.69, 9.17) is 4.74 Å². The summed E-state index contributed by atoms with van der Waals surface area (Å²) < 4.78 is 42.9. The Morgan fingerprint density at radius 2 is 1.68 bits per heavy atom. The predicted molar refractivity (Wildman–Crippen MR) is 84.8 cm³/mol. The highest BCUT2D eigenvalue weighted by Crippen LogP contribution is 2.24. The van der Waals surface area contributed by atoms with Crippen LogP contribution in [0.25, 0.3) is 0 Å². The molecule has 0 radical (unpaired) electrons. The molecule has 0 aliphatic carbocycles. The molecule has 0 aliphatic rings. The van der Waals surface area contributed by atoms with Crippen LogP contribution in [0.15, 0.2) is 24.3 Å². The van der Waals surface area contributed by atoms with Crippen LogP contribution >= 0.6 is 0 Å². The number of aliphatic hydroxyl groups is 1. The van der Waals surface area contributed by atoms with Crippen LogP contribution in [-0.2, 0) is 14.3 Å². The number of hydrogen-bond donors (Lipinski definition) is 2. The third kappa shape index (κ3) is 6.38. The van der Waals surface area contributed by atoms with Crippen molar-refractivity contribution < 1.29 is 32.6 Å². The van der Waals surface area contributed by atoms with Crippen molar-refractivity contribution in [2.45, 2.75) is 51.4 Å². The molecule has 2 atom stereocenters. The van der Waals surface area contributed by atoms with Gasteiger partial charge in [-0.15, -0.1) is 0 Å². The zero-order valence-electron chi connectivity index (χ0n) is 14.5. The smallest absolute Gasteiger partial charge is 0.458 e. The van der Waals surface area contributed by atoms with Gasteiger partial charge in [0, 0.05) is 5.92 Å². The lowest BCUT2D eigenvalue weighted by Crippen LogP contribution is -2.52. The summed E-state index contributed by atoms with van der Waals surface area (Å²) in [6.45, 7) is 5.81. The highest BCUT2D eigenvalue weighted by atomic mass is 19.4. The van der Waals surface area contributed by atoms with E-state index in [1.165, 1.54) is 0 Å². The van der Waals surface area contributed by atoms with Gasteiger partial charge in [-0.1, -0.05) is 29.8 Å². The zero-order chi connectivity index (χ0) is 19.4. The molecule has 0 aromatic heterocycles. The van der Waals surface area contributed by atoms with Crippen LogP contribution in [0.3, 0.4) is 0 Å². The number of ether oxygens (including phenoxy) is 1. The fourth-order valence-electron chi connectivity index (χ4n) is 2.13. The number of rotatable bonds is 5. The third-order valence-electron chi connectivity index (χ3n) is 3.31. The summed E-state index contributed by atoms with van der Waals surface area (Å²) in [4.78, 5) is 23.7. The van der Waals surface area contributed by atoms with Crippen LogP contribution in [0.2, 0.25) is 0 Å². The van der Waals surface area contributed by atoms with Gasteiger partial charge in [-0.25, -0.2) is 4.79 Å². The summed E-state index contributed by atoms with van der Waals surface area (Å²) in [5.74, 6) is -4.40. The molecule has 1 amide bonds. The molecule has 2 N–H and O–H groups in total. The van der Waals surface area contributed by atoms with Gasteiger partial charge in [-0.3, -0.25) is 4.79 Å². The minimum absolute atomic E-state index is 0.409. The molecule has 0 spiro atoms. The monoisotopic (exact) mass is 361 g/mol. The van der Waals surface area contributed by atoms with Crippen molar-refractivity contribution in [2.24, 2.45) is 0 Å². The number of benzene rings is 1. The van der Waals surface area contributed by atoms with E-state index < -0.39 is 42.2 Å². The predicted octanol–water partition coefficient (Wildman–Crippen LogP) is 2.46. The maximum atomic E-state index is 12.6. The maximum Gasteiger partial charge on any atom is 0.471 e. The second kappa shape index (κ2) is 7.86. The molecule has 1 aromatic rings. The highest BCUT2D eigenvalue weighted by molar-refractivity contribution is 5.88. The first-order valence-electron chi connectivity index (χ1n) is 7.63. The summed E-state index contributed by atoms with van der Waals surface area (Å²) in [6, 6.07) is 4.85. The van der Waals surface area contributed by atoms with Crippen LogP contribution in [0.1, 0.15) is 37.8 Å². The number of aliphatic hydroxyl groups excluding tert-OH is 1. The minimum Gasteiger partial charge on any atom is -0.458 e. The highest BCUT2D eigenvalue weighted by Gasteiger charge is 2.43. The SMILES string of the molecule is Cc1ccc([C@H](CO)[C@@H](NC(=O)C(F)(F)F)C(=O)OC(C)(C)C)cc1. The van der Waals surface area contributed by atoms with Gasteiger partial charge in [-0.05, 0) is 33.3 Å². The normalized spacial score (nSPS) is 14.6. The number of carbonyl (C=O) groups is 2. The summed E-state index contributed by atoms with van der Waals surface area (Å²) in [5, 5.41) is 11.3. The standard InChI is InChI=1S/C17H22F3NO4/c1-10-5-7-11(8-6-10)12(9-22)13(14(23)25-16(2,3)4)21-15(24)17(18,19)20/h5-8,12-13,22H,9H2,1-4H3,(H,21,24)/t12-,13+/m0/s1. The first-order valence-corrected chi connectivity index (χ1v) is 7.63. The molecular formula is C17H22F3NO4. The lowest BCUT2D eigenvalue weighted by molar-refractivity contribution is -0.177. The summed E-state index contributed by atoms with van der Waals surface area (Å²) in [7, 11) is 0. The van der Waals surface area contributed by atoms with Crippen molar-refractivity contribution in [3.8, 4) is 0 Å².